The molecule has 0 aliphatic carbocycles. The van der Waals surface area contributed by atoms with Crippen LogP contribution in [0.4, 0.5) is 11.9 Å². The topological polar surface area (TPSA) is 143 Å². The predicted octanol–water partition coefficient (Wildman–Crippen LogP) is 2.55. The van der Waals surface area contributed by atoms with E-state index in [4.69, 9.17) is 4.42 Å². The summed E-state index contributed by atoms with van der Waals surface area (Å²) in [7, 11) is -3.56. The van der Waals surface area contributed by atoms with Crippen LogP contribution in [0.3, 0.4) is 0 Å². The monoisotopic (exact) mass is 448 g/mol. The molecule has 168 valence electrons. The number of hydrogen-bond acceptors (Lipinski definition) is 9. The molecule has 2 aromatic heterocycles. The number of aromatic nitrogens is 4. The van der Waals surface area contributed by atoms with E-state index in [1.807, 2.05) is 39.0 Å². The molecule has 0 aliphatic heterocycles. The molecule has 0 saturated carbocycles. The van der Waals surface area contributed by atoms with Gasteiger partial charge in [-0.3, -0.25) is 4.72 Å². The molecule has 10 nitrogen and oxygen atoms in total. The number of rotatable bonds is 10. The Morgan fingerprint density at radius 2 is 1.87 bits per heavy atom. The van der Waals surface area contributed by atoms with Gasteiger partial charge in [-0.2, -0.15) is 15.0 Å². The average Bonchev–Trinajstić information content (AvgIpc) is 3.13. The summed E-state index contributed by atoms with van der Waals surface area (Å²) in [6, 6.07) is 5.51. The van der Waals surface area contributed by atoms with E-state index in [9.17, 15) is 13.5 Å². The van der Waals surface area contributed by atoms with Crippen LogP contribution in [0.2, 0.25) is 0 Å². The number of nitrogens with zero attached hydrogens (tertiary/aromatic N) is 4. The normalized spacial score (nSPS) is 14.0. The van der Waals surface area contributed by atoms with Gasteiger partial charge in [-0.15, -0.1) is 0 Å². The molecule has 3 aromatic rings. The summed E-state index contributed by atoms with van der Waals surface area (Å²) < 4.78 is 31.0. The van der Waals surface area contributed by atoms with Gasteiger partial charge in [0.05, 0.1) is 18.9 Å². The number of fused-ring (bicyclic) bond motifs is 1. The lowest BCUT2D eigenvalue weighted by Crippen LogP contribution is -2.27. The van der Waals surface area contributed by atoms with Crippen molar-refractivity contribution >= 4 is 33.0 Å². The van der Waals surface area contributed by atoms with Crippen LogP contribution in [0.5, 0.6) is 0 Å². The minimum absolute atomic E-state index is 0.0340. The molecule has 0 amide bonds. The zero-order chi connectivity index (χ0) is 22.6. The van der Waals surface area contributed by atoms with Gasteiger partial charge >= 0.3 is 0 Å². The minimum Gasteiger partial charge on any atom is -0.443 e. The van der Waals surface area contributed by atoms with Gasteiger partial charge in [0.1, 0.15) is 11.3 Å². The average molecular weight is 449 g/mol. The Labute approximate surface area is 181 Å². The van der Waals surface area contributed by atoms with Crippen molar-refractivity contribution in [1.82, 2.24) is 19.9 Å². The minimum atomic E-state index is -3.56. The van der Waals surface area contributed by atoms with E-state index in [1.165, 1.54) is 6.39 Å². The Morgan fingerprint density at radius 1 is 1.13 bits per heavy atom. The number of aliphatic hydroxyl groups excluding tert-OH is 1. The summed E-state index contributed by atoms with van der Waals surface area (Å²) in [5.74, 6) is 0.973. The van der Waals surface area contributed by atoms with E-state index >= 15 is 0 Å². The van der Waals surface area contributed by atoms with E-state index < -0.39 is 10.0 Å². The molecule has 0 saturated heterocycles. The maximum atomic E-state index is 11.7. The number of sulfonamides is 1. The van der Waals surface area contributed by atoms with E-state index in [-0.39, 0.29) is 30.5 Å². The van der Waals surface area contributed by atoms with E-state index in [0.717, 1.165) is 17.3 Å². The van der Waals surface area contributed by atoms with Crippen molar-refractivity contribution in [3.63, 3.8) is 0 Å². The van der Waals surface area contributed by atoms with Crippen molar-refractivity contribution in [2.24, 2.45) is 5.92 Å². The van der Waals surface area contributed by atoms with Gasteiger partial charge in [-0.1, -0.05) is 26.8 Å². The molecule has 3 rings (SSSR count). The lowest BCUT2D eigenvalue weighted by Gasteiger charge is -2.19. The zero-order valence-corrected chi connectivity index (χ0v) is 18.8. The SMILES string of the molecule is CC(C)CC(CO)Nc1nc(CC(C)c2ccc3ocnc3c2)nc(NS(C)(=O)=O)n1. The Balaban J connectivity index is 1.86. The van der Waals surface area contributed by atoms with Gasteiger partial charge in [0.25, 0.3) is 0 Å². The fraction of sp³-hybridized carbons (Fsp3) is 0.500. The molecule has 0 bridgehead atoms. The summed E-state index contributed by atoms with van der Waals surface area (Å²) in [6.45, 7) is 6.03. The van der Waals surface area contributed by atoms with Crippen molar-refractivity contribution in [2.75, 3.05) is 22.9 Å². The molecular formula is C20H28N6O4S. The molecule has 0 radical (unpaired) electrons. The van der Waals surface area contributed by atoms with Crippen LogP contribution in [-0.4, -0.2) is 52.4 Å². The third-order valence-electron chi connectivity index (χ3n) is 4.68. The zero-order valence-electron chi connectivity index (χ0n) is 18.0. The van der Waals surface area contributed by atoms with Crippen molar-refractivity contribution in [3.8, 4) is 0 Å². The fourth-order valence-corrected chi connectivity index (χ4v) is 3.71. The number of nitrogens with one attached hydrogen (secondary N) is 2. The number of aliphatic hydroxyl groups is 1. The lowest BCUT2D eigenvalue weighted by atomic mass is 9.97. The van der Waals surface area contributed by atoms with Gasteiger partial charge in [-0.25, -0.2) is 13.4 Å². The summed E-state index contributed by atoms with van der Waals surface area (Å²) >= 11 is 0. The van der Waals surface area contributed by atoms with Crippen LogP contribution in [0.25, 0.3) is 11.1 Å². The molecule has 31 heavy (non-hydrogen) atoms. The molecule has 2 unspecified atom stereocenters. The van der Waals surface area contributed by atoms with Crippen molar-refractivity contribution < 1.29 is 17.9 Å². The maximum Gasteiger partial charge on any atom is 0.241 e. The van der Waals surface area contributed by atoms with Crippen molar-refractivity contribution in [3.05, 3.63) is 36.0 Å². The second-order valence-corrected chi connectivity index (χ2v) is 9.86. The second-order valence-electron chi connectivity index (χ2n) is 8.11. The molecule has 1 aromatic carbocycles. The largest absolute Gasteiger partial charge is 0.443 e. The van der Waals surface area contributed by atoms with Gasteiger partial charge in [0, 0.05) is 6.42 Å². The van der Waals surface area contributed by atoms with Gasteiger partial charge in [0.15, 0.2) is 12.0 Å². The quantitative estimate of drug-likeness (QED) is 0.426. The highest BCUT2D eigenvalue weighted by atomic mass is 32.2. The van der Waals surface area contributed by atoms with Crippen LogP contribution in [0, 0.1) is 5.92 Å². The van der Waals surface area contributed by atoms with Crippen LogP contribution in [-0.2, 0) is 16.4 Å². The summed E-state index contributed by atoms with van der Waals surface area (Å²) in [5, 5.41) is 12.8. The Bertz CT molecular complexity index is 1130. The number of anilines is 2. The first-order valence-electron chi connectivity index (χ1n) is 10.1. The van der Waals surface area contributed by atoms with Crippen molar-refractivity contribution in [2.45, 2.75) is 45.6 Å². The first-order valence-corrected chi connectivity index (χ1v) is 12.0. The lowest BCUT2D eigenvalue weighted by molar-refractivity contribution is 0.259. The van der Waals surface area contributed by atoms with Gasteiger partial charge < -0.3 is 14.8 Å². The van der Waals surface area contributed by atoms with E-state index in [0.29, 0.717) is 30.2 Å². The highest BCUT2D eigenvalue weighted by Gasteiger charge is 2.17. The Morgan fingerprint density at radius 3 is 2.55 bits per heavy atom. The molecule has 3 N–H and O–H groups in total. The number of benzene rings is 1. The van der Waals surface area contributed by atoms with E-state index in [1.54, 1.807) is 0 Å². The van der Waals surface area contributed by atoms with E-state index in [2.05, 4.69) is 30.0 Å². The van der Waals surface area contributed by atoms with Crippen LogP contribution >= 0.6 is 0 Å². The third kappa shape index (κ3) is 6.59. The highest BCUT2D eigenvalue weighted by Crippen LogP contribution is 2.24. The maximum absolute atomic E-state index is 11.7. The standard InChI is InChI=1S/C20H28N6O4S/c1-12(2)7-15(10-27)22-19-23-18(24-20(25-19)26-31(4,28)29)8-13(3)14-5-6-17-16(9-14)21-11-30-17/h5-6,9,11-13,15,27H,7-8,10H2,1-4H3,(H2,22,23,24,25,26). The summed E-state index contributed by atoms with van der Waals surface area (Å²) in [5.41, 5.74) is 2.51. The number of oxazole rings is 1. The first-order chi connectivity index (χ1) is 14.6. The third-order valence-corrected chi connectivity index (χ3v) is 5.23. The van der Waals surface area contributed by atoms with Gasteiger partial charge in [-0.05, 0) is 36.0 Å². The van der Waals surface area contributed by atoms with Crippen molar-refractivity contribution in [1.29, 1.82) is 0 Å². The summed E-state index contributed by atoms with van der Waals surface area (Å²) in [4.78, 5) is 17.1. The smallest absolute Gasteiger partial charge is 0.241 e. The van der Waals surface area contributed by atoms with Crippen LogP contribution < -0.4 is 10.0 Å². The second kappa shape index (κ2) is 9.56. The molecule has 2 atom stereocenters. The molecule has 0 spiro atoms. The Hall–Kier alpha value is -2.79. The highest BCUT2D eigenvalue weighted by molar-refractivity contribution is 7.91. The fourth-order valence-electron chi connectivity index (χ4n) is 3.29. The van der Waals surface area contributed by atoms with Gasteiger partial charge in [0.2, 0.25) is 21.9 Å². The molecule has 0 fully saturated rings. The first kappa shape index (κ1) is 22.9. The number of hydrogen-bond donors (Lipinski definition) is 3. The molecule has 2 heterocycles. The predicted molar refractivity (Wildman–Crippen MR) is 118 cm³/mol. The molecule has 0 aliphatic rings. The van der Waals surface area contributed by atoms with Crippen LogP contribution in [0.15, 0.2) is 29.0 Å². The van der Waals surface area contributed by atoms with Crippen LogP contribution in [0.1, 0.15) is 44.5 Å². The molecule has 11 heteroatoms. The Kier molecular flexibility index (Phi) is 7.06. The summed E-state index contributed by atoms with van der Waals surface area (Å²) in [6.07, 6.45) is 3.60. The molecular weight excluding hydrogens is 420 g/mol.